The Kier molecular flexibility index (Phi) is 4.88. The second kappa shape index (κ2) is 7.02. The Bertz CT molecular complexity index is 827. The third kappa shape index (κ3) is 3.21. The van der Waals surface area contributed by atoms with Crippen LogP contribution in [0.1, 0.15) is 51.5 Å². The normalized spacial score (nSPS) is 28.7. The van der Waals surface area contributed by atoms with Gasteiger partial charge in [0.05, 0.1) is 17.1 Å². The summed E-state index contributed by atoms with van der Waals surface area (Å²) in [7, 11) is 1.82. The molecule has 1 aromatic carbocycles. The Morgan fingerprint density at radius 3 is 2.54 bits per heavy atom. The summed E-state index contributed by atoms with van der Waals surface area (Å²) in [6.07, 6.45) is 7.11. The van der Waals surface area contributed by atoms with Crippen LogP contribution < -0.4 is 5.69 Å². The number of ether oxygens (including phenoxy) is 1. The van der Waals surface area contributed by atoms with Crippen molar-refractivity contribution >= 4 is 22.6 Å². The average Bonchev–Trinajstić information content (AvgIpc) is 2.97. The van der Waals surface area contributed by atoms with Crippen LogP contribution in [0.3, 0.4) is 0 Å². The van der Waals surface area contributed by atoms with Crippen molar-refractivity contribution in [2.75, 3.05) is 20.2 Å². The van der Waals surface area contributed by atoms with E-state index >= 15 is 0 Å². The van der Waals surface area contributed by atoms with Crippen LogP contribution in [0.5, 0.6) is 0 Å². The van der Waals surface area contributed by atoms with Gasteiger partial charge in [0.15, 0.2) is 0 Å². The molecule has 1 aliphatic carbocycles. The summed E-state index contributed by atoms with van der Waals surface area (Å²) in [5.74, 6) is 0. The van der Waals surface area contributed by atoms with Crippen LogP contribution in [-0.2, 0) is 4.74 Å². The molecule has 1 saturated heterocycles. The Balaban J connectivity index is 1.48. The maximum absolute atomic E-state index is 12.5. The Morgan fingerprint density at radius 1 is 1.19 bits per heavy atom. The highest BCUT2D eigenvalue weighted by Gasteiger charge is 2.38. The smallest absolute Gasteiger partial charge is 0.326 e. The summed E-state index contributed by atoms with van der Waals surface area (Å²) in [6.45, 7) is 4.48. The van der Waals surface area contributed by atoms with Crippen molar-refractivity contribution in [1.29, 1.82) is 0 Å². The van der Waals surface area contributed by atoms with Gasteiger partial charge >= 0.3 is 5.69 Å². The van der Waals surface area contributed by atoms with Gasteiger partial charge < -0.3 is 9.72 Å². The highest BCUT2D eigenvalue weighted by atomic mass is 35.5. The minimum atomic E-state index is -0.0208. The fourth-order valence-electron chi connectivity index (χ4n) is 4.89. The molecule has 0 spiro atoms. The van der Waals surface area contributed by atoms with Crippen LogP contribution in [0.15, 0.2) is 23.0 Å². The van der Waals surface area contributed by atoms with Crippen molar-refractivity contribution in [3.8, 4) is 0 Å². The third-order valence-corrected chi connectivity index (χ3v) is 6.85. The predicted molar refractivity (Wildman–Crippen MR) is 105 cm³/mol. The van der Waals surface area contributed by atoms with E-state index in [1.807, 2.05) is 29.9 Å². The molecule has 1 aromatic heterocycles. The number of aromatic nitrogens is 2. The molecule has 5 nitrogen and oxygen atoms in total. The maximum Gasteiger partial charge on any atom is 0.326 e. The summed E-state index contributed by atoms with van der Waals surface area (Å²) in [5, 5.41) is 0.671. The van der Waals surface area contributed by atoms with Gasteiger partial charge in [-0.25, -0.2) is 4.79 Å². The lowest BCUT2D eigenvalue weighted by atomic mass is 9.79. The zero-order valence-corrected chi connectivity index (χ0v) is 16.4. The number of H-pyrrole nitrogens is 1. The van der Waals surface area contributed by atoms with Crippen molar-refractivity contribution in [2.45, 2.75) is 63.1 Å². The number of piperidine rings is 1. The molecular formula is C20H28ClN3O2. The number of nitrogens with zero attached hydrogens (tertiary/aromatic N) is 2. The minimum Gasteiger partial charge on any atom is -0.381 e. The van der Waals surface area contributed by atoms with E-state index in [0.717, 1.165) is 49.8 Å². The standard InChI is InChI=1S/C20H28ClN3O2/c1-20(9-5-16(26-2)6-10-20)23-11-7-15(8-12-23)24-18-13-14(21)3-4-17(18)22-19(24)25/h3-4,13,15-16H,5-12H2,1-2H3,(H,22,25)/t16-,20-. The monoisotopic (exact) mass is 377 g/mol. The number of halogens is 1. The molecule has 4 rings (SSSR count). The SMILES string of the molecule is CO[C@H]1CC[C@](C)(N2CCC(n3c(=O)[nH]c4ccc(Cl)cc43)CC2)CC1. The second-order valence-corrected chi connectivity index (χ2v) is 8.55. The highest BCUT2D eigenvalue weighted by molar-refractivity contribution is 6.31. The second-order valence-electron chi connectivity index (χ2n) is 8.11. The minimum absolute atomic E-state index is 0.0208. The molecule has 2 fully saturated rings. The van der Waals surface area contributed by atoms with Gasteiger partial charge in [-0.2, -0.15) is 0 Å². The maximum atomic E-state index is 12.5. The van der Waals surface area contributed by atoms with E-state index in [-0.39, 0.29) is 17.3 Å². The largest absolute Gasteiger partial charge is 0.381 e. The van der Waals surface area contributed by atoms with E-state index in [0.29, 0.717) is 11.1 Å². The first-order chi connectivity index (χ1) is 12.5. The average molecular weight is 378 g/mol. The van der Waals surface area contributed by atoms with Gasteiger partial charge in [-0.3, -0.25) is 9.47 Å². The quantitative estimate of drug-likeness (QED) is 0.880. The molecule has 0 radical (unpaired) electrons. The zero-order chi connectivity index (χ0) is 18.3. The number of benzene rings is 1. The number of aromatic amines is 1. The van der Waals surface area contributed by atoms with E-state index in [2.05, 4.69) is 16.8 Å². The van der Waals surface area contributed by atoms with E-state index in [1.165, 1.54) is 12.8 Å². The summed E-state index contributed by atoms with van der Waals surface area (Å²) < 4.78 is 7.45. The first-order valence-electron chi connectivity index (χ1n) is 9.68. The number of hydrogen-bond donors (Lipinski definition) is 1. The molecule has 0 bridgehead atoms. The molecule has 1 saturated carbocycles. The Morgan fingerprint density at radius 2 is 1.88 bits per heavy atom. The zero-order valence-electron chi connectivity index (χ0n) is 15.6. The summed E-state index contributed by atoms with van der Waals surface area (Å²) in [4.78, 5) is 18.1. The lowest BCUT2D eigenvalue weighted by Gasteiger charge is -2.48. The van der Waals surface area contributed by atoms with Crippen LogP contribution in [0.2, 0.25) is 5.02 Å². The van der Waals surface area contributed by atoms with Crippen LogP contribution in [-0.4, -0.2) is 46.3 Å². The Hall–Kier alpha value is -1.30. The fourth-order valence-corrected chi connectivity index (χ4v) is 5.05. The van der Waals surface area contributed by atoms with Crippen LogP contribution in [0.25, 0.3) is 11.0 Å². The first-order valence-corrected chi connectivity index (χ1v) is 10.1. The molecule has 0 amide bonds. The van der Waals surface area contributed by atoms with E-state index < -0.39 is 0 Å². The number of methoxy groups -OCH3 is 1. The van der Waals surface area contributed by atoms with Gasteiger partial charge in [-0.1, -0.05) is 11.6 Å². The van der Waals surface area contributed by atoms with Gasteiger partial charge in [0.2, 0.25) is 0 Å². The van der Waals surface area contributed by atoms with E-state index in [9.17, 15) is 4.79 Å². The Labute approximate surface area is 159 Å². The molecule has 1 aliphatic heterocycles. The molecule has 0 atom stereocenters. The summed E-state index contributed by atoms with van der Waals surface area (Å²) in [6, 6.07) is 5.85. The van der Waals surface area contributed by atoms with Gasteiger partial charge in [0, 0.05) is 36.8 Å². The molecule has 6 heteroatoms. The molecule has 0 unspecified atom stereocenters. The van der Waals surface area contributed by atoms with E-state index in [1.54, 1.807) is 0 Å². The third-order valence-electron chi connectivity index (χ3n) is 6.62. The van der Waals surface area contributed by atoms with Crippen LogP contribution >= 0.6 is 11.6 Å². The molecule has 142 valence electrons. The fraction of sp³-hybridized carbons (Fsp3) is 0.650. The lowest BCUT2D eigenvalue weighted by Crippen LogP contribution is -2.52. The van der Waals surface area contributed by atoms with Crippen molar-refractivity contribution in [2.24, 2.45) is 0 Å². The van der Waals surface area contributed by atoms with Gasteiger partial charge in [-0.15, -0.1) is 0 Å². The molecule has 1 N–H and O–H groups in total. The summed E-state index contributed by atoms with van der Waals surface area (Å²) in [5.41, 5.74) is 2.04. The van der Waals surface area contributed by atoms with Crippen molar-refractivity contribution in [3.63, 3.8) is 0 Å². The molecular weight excluding hydrogens is 350 g/mol. The van der Waals surface area contributed by atoms with E-state index in [4.69, 9.17) is 16.3 Å². The number of hydrogen-bond acceptors (Lipinski definition) is 3. The van der Waals surface area contributed by atoms with Crippen LogP contribution in [0, 0.1) is 0 Å². The highest BCUT2D eigenvalue weighted by Crippen LogP contribution is 2.37. The number of rotatable bonds is 3. The van der Waals surface area contributed by atoms with Gasteiger partial charge in [-0.05, 0) is 63.6 Å². The predicted octanol–water partition coefficient (Wildman–Crippen LogP) is 3.97. The number of nitrogens with one attached hydrogen (secondary N) is 1. The number of fused-ring (bicyclic) bond motifs is 1. The topological polar surface area (TPSA) is 50.3 Å². The lowest BCUT2D eigenvalue weighted by molar-refractivity contribution is -0.0146. The number of likely N-dealkylation sites (tertiary alicyclic amines) is 1. The van der Waals surface area contributed by atoms with Gasteiger partial charge in [0.1, 0.15) is 0 Å². The molecule has 2 heterocycles. The van der Waals surface area contributed by atoms with Crippen molar-refractivity contribution < 1.29 is 4.74 Å². The van der Waals surface area contributed by atoms with Crippen molar-refractivity contribution in [1.82, 2.24) is 14.5 Å². The summed E-state index contributed by atoms with van der Waals surface area (Å²) >= 11 is 6.16. The van der Waals surface area contributed by atoms with Gasteiger partial charge in [0.25, 0.3) is 0 Å². The first kappa shape index (κ1) is 18.1. The molecule has 2 aromatic rings. The molecule has 2 aliphatic rings. The molecule has 26 heavy (non-hydrogen) atoms. The van der Waals surface area contributed by atoms with Crippen molar-refractivity contribution in [3.05, 3.63) is 33.7 Å². The number of imidazole rings is 1. The van der Waals surface area contributed by atoms with Crippen LogP contribution in [0.4, 0.5) is 0 Å².